The van der Waals surface area contributed by atoms with Gasteiger partial charge in [0.05, 0.1) is 12.5 Å². The van der Waals surface area contributed by atoms with Gasteiger partial charge in [-0.15, -0.1) is 0 Å². The highest BCUT2D eigenvalue weighted by Gasteiger charge is 2.13. The molecule has 0 unspecified atom stereocenters. The monoisotopic (exact) mass is 232 g/mol. The minimum absolute atomic E-state index is 1.00. The number of hydrogen-bond acceptors (Lipinski definition) is 1. The third-order valence-electron chi connectivity index (χ3n) is 3.67. The van der Waals surface area contributed by atoms with E-state index in [4.69, 9.17) is 4.74 Å². The highest BCUT2D eigenvalue weighted by Crippen LogP contribution is 2.19. The molecule has 1 heteroatoms. The summed E-state index contributed by atoms with van der Waals surface area (Å²) in [4.78, 5) is 0. The van der Waals surface area contributed by atoms with Gasteiger partial charge in [-0.2, -0.15) is 0 Å². The molecule has 0 radical (unpaired) electrons. The van der Waals surface area contributed by atoms with Crippen LogP contribution in [0.15, 0.2) is 42.7 Å². The lowest BCUT2D eigenvalue weighted by molar-refractivity contribution is 0.461. The summed E-state index contributed by atoms with van der Waals surface area (Å²) < 4.78 is 5.24. The predicted octanol–water partition coefficient (Wildman–Crippen LogP) is 2.16. The van der Waals surface area contributed by atoms with E-state index in [0.29, 0.717) is 0 Å². The fraction of sp³-hybridized carbons (Fsp3) is 0.0588. The van der Waals surface area contributed by atoms with Crippen LogP contribution in [0.4, 0.5) is 0 Å². The van der Waals surface area contributed by atoms with Gasteiger partial charge in [-0.3, -0.25) is 0 Å². The van der Waals surface area contributed by atoms with Crippen molar-refractivity contribution in [3.05, 3.63) is 75.4 Å². The second-order valence-electron chi connectivity index (χ2n) is 4.71. The van der Waals surface area contributed by atoms with Gasteiger partial charge in [0.1, 0.15) is 0 Å². The normalized spacial score (nSPS) is 14.4. The van der Waals surface area contributed by atoms with Crippen LogP contribution in [0, 0.1) is 0 Å². The van der Waals surface area contributed by atoms with Crippen molar-refractivity contribution in [1.82, 2.24) is 0 Å². The Labute approximate surface area is 105 Å². The highest BCUT2D eigenvalue weighted by atomic mass is 16.5. The summed E-state index contributed by atoms with van der Waals surface area (Å²) in [5.74, 6) is 0. The Morgan fingerprint density at radius 2 is 1.83 bits per heavy atom. The zero-order chi connectivity index (χ0) is 11.9. The molecule has 0 aromatic heterocycles. The van der Waals surface area contributed by atoms with Crippen LogP contribution >= 0.6 is 0 Å². The molecule has 0 amide bonds. The van der Waals surface area contributed by atoms with Crippen LogP contribution in [-0.2, 0) is 11.2 Å². The Morgan fingerprint density at radius 1 is 0.944 bits per heavy atom. The van der Waals surface area contributed by atoms with Crippen LogP contribution in [0.2, 0.25) is 0 Å². The molecule has 0 saturated heterocycles. The van der Waals surface area contributed by atoms with E-state index in [1.807, 2.05) is 6.26 Å². The molecule has 1 aliphatic carbocycles. The van der Waals surface area contributed by atoms with Crippen molar-refractivity contribution in [2.24, 2.45) is 0 Å². The SMILES string of the molecule is C1=Cc2c3c(ccc2=CO1)=Cc1ccccc1C3. The molecule has 0 bridgehead atoms. The van der Waals surface area contributed by atoms with Gasteiger partial charge in [0.2, 0.25) is 0 Å². The van der Waals surface area contributed by atoms with Crippen molar-refractivity contribution >= 4 is 18.4 Å². The zero-order valence-corrected chi connectivity index (χ0v) is 9.89. The molecule has 0 spiro atoms. The quantitative estimate of drug-likeness (QED) is 0.577. The van der Waals surface area contributed by atoms with Crippen LogP contribution in [0.25, 0.3) is 18.4 Å². The Morgan fingerprint density at radius 3 is 2.83 bits per heavy atom. The third kappa shape index (κ3) is 1.34. The van der Waals surface area contributed by atoms with Gasteiger partial charge < -0.3 is 4.74 Å². The van der Waals surface area contributed by atoms with Crippen molar-refractivity contribution in [3.63, 3.8) is 0 Å². The van der Waals surface area contributed by atoms with Gasteiger partial charge in [0.25, 0.3) is 0 Å². The predicted molar refractivity (Wildman–Crippen MR) is 73.1 cm³/mol. The van der Waals surface area contributed by atoms with Crippen LogP contribution < -0.4 is 10.4 Å². The van der Waals surface area contributed by atoms with Gasteiger partial charge in [0, 0.05) is 5.22 Å². The summed E-state index contributed by atoms with van der Waals surface area (Å²) in [6.07, 6.45) is 8.91. The third-order valence-corrected chi connectivity index (χ3v) is 3.67. The lowest BCUT2D eigenvalue weighted by atomic mass is 9.88. The molecule has 1 heterocycles. The van der Waals surface area contributed by atoms with Crippen molar-refractivity contribution in [2.75, 3.05) is 0 Å². The van der Waals surface area contributed by atoms with E-state index in [-0.39, 0.29) is 0 Å². The number of hydrogen-bond donors (Lipinski definition) is 0. The van der Waals surface area contributed by atoms with E-state index in [9.17, 15) is 0 Å². The first-order valence-corrected chi connectivity index (χ1v) is 6.15. The molecule has 0 fully saturated rings. The number of ether oxygens (including phenoxy) is 1. The van der Waals surface area contributed by atoms with Crippen molar-refractivity contribution in [3.8, 4) is 0 Å². The van der Waals surface area contributed by atoms with Crippen molar-refractivity contribution in [1.29, 1.82) is 0 Å². The van der Waals surface area contributed by atoms with Gasteiger partial charge in [0.15, 0.2) is 0 Å². The summed E-state index contributed by atoms with van der Waals surface area (Å²) in [5, 5.41) is 2.50. The Bertz CT molecular complexity index is 782. The minimum Gasteiger partial charge on any atom is -0.472 e. The first kappa shape index (κ1) is 9.72. The molecular weight excluding hydrogens is 220 g/mol. The Balaban J connectivity index is 2.07. The molecule has 2 aliphatic rings. The smallest absolute Gasteiger partial charge is 0.0979 e. The Kier molecular flexibility index (Phi) is 1.95. The molecule has 2 aromatic carbocycles. The second kappa shape index (κ2) is 3.61. The molecule has 1 aliphatic heterocycles. The van der Waals surface area contributed by atoms with Crippen molar-refractivity contribution in [2.45, 2.75) is 6.42 Å². The summed E-state index contributed by atoms with van der Waals surface area (Å²) in [5.41, 5.74) is 5.44. The maximum Gasteiger partial charge on any atom is 0.0979 e. The van der Waals surface area contributed by atoms with E-state index in [0.717, 1.165) is 6.42 Å². The number of fused-ring (bicyclic) bond motifs is 4. The lowest BCUT2D eigenvalue weighted by Crippen LogP contribution is -2.24. The van der Waals surface area contributed by atoms with E-state index < -0.39 is 0 Å². The summed E-state index contributed by atoms with van der Waals surface area (Å²) in [6, 6.07) is 12.9. The largest absolute Gasteiger partial charge is 0.472 e. The molecule has 2 aromatic rings. The van der Waals surface area contributed by atoms with E-state index in [2.05, 4.69) is 48.6 Å². The molecule has 0 saturated carbocycles. The Hall–Kier alpha value is -2.28. The highest BCUT2D eigenvalue weighted by molar-refractivity contribution is 5.66. The van der Waals surface area contributed by atoms with Crippen LogP contribution in [0.1, 0.15) is 22.3 Å². The van der Waals surface area contributed by atoms with Crippen molar-refractivity contribution < 1.29 is 4.74 Å². The van der Waals surface area contributed by atoms with Gasteiger partial charge in [-0.05, 0) is 46.0 Å². The van der Waals surface area contributed by atoms with E-state index in [1.165, 1.54) is 32.7 Å². The molecule has 1 nitrogen and oxygen atoms in total. The van der Waals surface area contributed by atoms with E-state index >= 15 is 0 Å². The summed E-state index contributed by atoms with van der Waals surface area (Å²) >= 11 is 0. The molecular formula is C17H12O. The van der Waals surface area contributed by atoms with Crippen LogP contribution in [0.3, 0.4) is 0 Å². The van der Waals surface area contributed by atoms with Gasteiger partial charge in [-0.1, -0.05) is 36.4 Å². The van der Waals surface area contributed by atoms with Gasteiger partial charge in [-0.25, -0.2) is 0 Å². The van der Waals surface area contributed by atoms with Crippen LogP contribution in [-0.4, -0.2) is 0 Å². The topological polar surface area (TPSA) is 9.23 Å². The first-order valence-electron chi connectivity index (χ1n) is 6.15. The average Bonchev–Trinajstić information content (AvgIpc) is 2.45. The molecule has 0 atom stereocenters. The minimum atomic E-state index is 1.00. The maximum absolute atomic E-state index is 5.24. The van der Waals surface area contributed by atoms with Gasteiger partial charge >= 0.3 is 0 Å². The number of benzene rings is 2. The summed E-state index contributed by atoms with van der Waals surface area (Å²) in [6.45, 7) is 0. The molecule has 0 N–H and O–H groups in total. The molecule has 86 valence electrons. The fourth-order valence-electron chi connectivity index (χ4n) is 2.75. The lowest BCUT2D eigenvalue weighted by Gasteiger charge is -2.17. The second-order valence-corrected chi connectivity index (χ2v) is 4.71. The fourth-order valence-corrected chi connectivity index (χ4v) is 2.75. The summed E-state index contributed by atoms with van der Waals surface area (Å²) in [7, 11) is 0. The molecule has 18 heavy (non-hydrogen) atoms. The standard InChI is InChI=1S/C17H12O/c1-2-4-13-10-17-14(9-12(13)3-1)5-6-15-11-18-8-7-16(15)17/h1-9,11H,10H2. The zero-order valence-electron chi connectivity index (χ0n) is 9.89. The average molecular weight is 232 g/mol. The van der Waals surface area contributed by atoms with Crippen LogP contribution in [0.5, 0.6) is 0 Å². The maximum atomic E-state index is 5.24. The molecule has 4 rings (SSSR count). The first-order chi connectivity index (χ1) is 8.92. The van der Waals surface area contributed by atoms with E-state index in [1.54, 1.807) is 6.26 Å². The number of rotatable bonds is 0.